The molecule has 22 heavy (non-hydrogen) atoms. The Morgan fingerprint density at radius 2 is 1.45 bits per heavy atom. The first-order valence-corrected chi connectivity index (χ1v) is 8.11. The van der Waals surface area contributed by atoms with Gasteiger partial charge in [-0.25, -0.2) is 8.78 Å². The predicted molar refractivity (Wildman–Crippen MR) is 87.9 cm³/mol. The van der Waals surface area contributed by atoms with Crippen LogP contribution in [0.25, 0.3) is 0 Å². The van der Waals surface area contributed by atoms with Gasteiger partial charge in [-0.15, -0.1) is 0 Å². The molecule has 0 aliphatic carbocycles. The zero-order valence-electron chi connectivity index (χ0n) is 13.4. The number of unbranched alkanes of at least 4 members (excludes halogenated alkanes) is 1. The van der Waals surface area contributed by atoms with Gasteiger partial charge in [0, 0.05) is 5.92 Å². The first-order chi connectivity index (χ1) is 10.6. The van der Waals surface area contributed by atoms with Crippen molar-refractivity contribution in [1.82, 2.24) is 0 Å². The minimum absolute atomic E-state index is 0.0401. The highest BCUT2D eigenvalue weighted by Crippen LogP contribution is 2.33. The van der Waals surface area contributed by atoms with E-state index in [9.17, 15) is 8.78 Å². The van der Waals surface area contributed by atoms with Crippen molar-refractivity contribution in [2.75, 3.05) is 0 Å². The van der Waals surface area contributed by atoms with Crippen LogP contribution in [0.4, 0.5) is 8.78 Å². The maximum absolute atomic E-state index is 13.6. The second-order valence-corrected chi connectivity index (χ2v) is 6.15. The average molecular weight is 302 g/mol. The molecule has 118 valence electrons. The van der Waals surface area contributed by atoms with E-state index in [4.69, 9.17) is 0 Å². The largest absolute Gasteiger partial charge is 0.207 e. The van der Waals surface area contributed by atoms with Gasteiger partial charge in [-0.1, -0.05) is 57.4 Å². The maximum atomic E-state index is 13.6. The third-order valence-electron chi connectivity index (χ3n) is 4.19. The van der Waals surface area contributed by atoms with Gasteiger partial charge in [0.1, 0.15) is 11.6 Å². The van der Waals surface area contributed by atoms with E-state index in [1.165, 1.54) is 25.0 Å². The standard InChI is InChI=1S/C20H24F2/c1-3-4-7-15(2)12-20(16-8-5-10-18(21)13-16)17-9-6-11-19(22)14-17/h5-6,8-11,13-15,20H,3-4,7,12H2,1-2H3/t15-/m1/s1. The molecule has 2 aromatic carbocycles. The van der Waals surface area contributed by atoms with Gasteiger partial charge in [0.15, 0.2) is 0 Å². The van der Waals surface area contributed by atoms with Crippen LogP contribution in [0.3, 0.4) is 0 Å². The van der Waals surface area contributed by atoms with Crippen LogP contribution in [-0.4, -0.2) is 0 Å². The van der Waals surface area contributed by atoms with Crippen LogP contribution < -0.4 is 0 Å². The quantitative estimate of drug-likeness (QED) is 0.562. The normalized spacial score (nSPS) is 12.6. The summed E-state index contributed by atoms with van der Waals surface area (Å²) in [7, 11) is 0. The van der Waals surface area contributed by atoms with Crippen LogP contribution in [0.2, 0.25) is 0 Å². The van der Waals surface area contributed by atoms with Gasteiger partial charge in [0.25, 0.3) is 0 Å². The molecule has 0 radical (unpaired) electrons. The molecule has 0 unspecified atom stereocenters. The van der Waals surface area contributed by atoms with Crippen molar-refractivity contribution in [3.63, 3.8) is 0 Å². The van der Waals surface area contributed by atoms with Crippen LogP contribution in [-0.2, 0) is 0 Å². The van der Waals surface area contributed by atoms with Crippen molar-refractivity contribution in [3.8, 4) is 0 Å². The molecule has 2 aromatic rings. The van der Waals surface area contributed by atoms with E-state index in [1.807, 2.05) is 12.1 Å². The Kier molecular flexibility index (Phi) is 6.11. The minimum Gasteiger partial charge on any atom is -0.207 e. The molecular weight excluding hydrogens is 278 g/mol. The summed E-state index contributed by atoms with van der Waals surface area (Å²) in [6, 6.07) is 13.4. The van der Waals surface area contributed by atoms with Gasteiger partial charge in [-0.2, -0.15) is 0 Å². The summed E-state index contributed by atoms with van der Waals surface area (Å²) in [6.07, 6.45) is 4.43. The molecule has 0 amide bonds. The van der Waals surface area contributed by atoms with Gasteiger partial charge in [0.2, 0.25) is 0 Å². The lowest BCUT2D eigenvalue weighted by molar-refractivity contribution is 0.446. The fourth-order valence-corrected chi connectivity index (χ4v) is 2.98. The third-order valence-corrected chi connectivity index (χ3v) is 4.19. The molecule has 1 atom stereocenters. The summed E-state index contributed by atoms with van der Waals surface area (Å²) in [4.78, 5) is 0. The number of halogens is 2. The van der Waals surface area contributed by atoms with Gasteiger partial charge in [-0.3, -0.25) is 0 Å². The Bertz CT molecular complexity index is 546. The van der Waals surface area contributed by atoms with Gasteiger partial charge in [-0.05, 0) is 47.7 Å². The summed E-state index contributed by atoms with van der Waals surface area (Å²) in [6.45, 7) is 4.41. The molecule has 0 heterocycles. The van der Waals surface area contributed by atoms with E-state index in [0.29, 0.717) is 5.92 Å². The van der Waals surface area contributed by atoms with Crippen molar-refractivity contribution in [2.24, 2.45) is 5.92 Å². The highest BCUT2D eigenvalue weighted by molar-refractivity contribution is 5.33. The number of hydrogen-bond donors (Lipinski definition) is 0. The fourth-order valence-electron chi connectivity index (χ4n) is 2.98. The molecule has 0 nitrogen and oxygen atoms in total. The summed E-state index contributed by atoms with van der Waals surface area (Å²) in [5, 5.41) is 0. The molecule has 0 aromatic heterocycles. The summed E-state index contributed by atoms with van der Waals surface area (Å²) in [5.74, 6) is 0.0926. The zero-order valence-corrected chi connectivity index (χ0v) is 13.4. The molecule has 0 fully saturated rings. The Hall–Kier alpha value is -1.70. The maximum Gasteiger partial charge on any atom is 0.123 e. The lowest BCUT2D eigenvalue weighted by atomic mass is 9.82. The molecule has 0 aliphatic heterocycles. The Labute approximate surface area is 132 Å². The number of benzene rings is 2. The van der Waals surface area contributed by atoms with E-state index in [2.05, 4.69) is 13.8 Å². The smallest absolute Gasteiger partial charge is 0.123 e. The Balaban J connectivity index is 2.28. The van der Waals surface area contributed by atoms with Crippen molar-refractivity contribution in [1.29, 1.82) is 0 Å². The predicted octanol–water partition coefficient (Wildman–Crippen LogP) is 6.31. The molecule has 0 spiro atoms. The molecule has 0 saturated heterocycles. The molecule has 0 bridgehead atoms. The summed E-state index contributed by atoms with van der Waals surface area (Å²) >= 11 is 0. The first kappa shape index (κ1) is 16.7. The molecule has 2 rings (SSSR count). The number of hydrogen-bond acceptors (Lipinski definition) is 0. The molecule has 0 N–H and O–H groups in total. The second kappa shape index (κ2) is 8.07. The van der Waals surface area contributed by atoms with Crippen molar-refractivity contribution in [2.45, 2.75) is 45.4 Å². The van der Waals surface area contributed by atoms with E-state index in [1.54, 1.807) is 24.3 Å². The average Bonchev–Trinajstić information content (AvgIpc) is 2.50. The summed E-state index contributed by atoms with van der Waals surface area (Å²) in [5.41, 5.74) is 1.85. The van der Waals surface area contributed by atoms with Crippen LogP contribution in [0, 0.1) is 17.6 Å². The van der Waals surface area contributed by atoms with Crippen molar-refractivity contribution >= 4 is 0 Å². The molecular formula is C20H24F2. The summed E-state index contributed by atoms with van der Waals surface area (Å²) < 4.78 is 27.2. The van der Waals surface area contributed by atoms with E-state index in [0.717, 1.165) is 24.0 Å². The van der Waals surface area contributed by atoms with Gasteiger partial charge >= 0.3 is 0 Å². The lowest BCUT2D eigenvalue weighted by Crippen LogP contribution is -2.08. The molecule has 0 aliphatic rings. The van der Waals surface area contributed by atoms with Crippen molar-refractivity contribution in [3.05, 3.63) is 71.3 Å². The SMILES string of the molecule is CCCC[C@@H](C)CC(c1cccc(F)c1)c1cccc(F)c1. The topological polar surface area (TPSA) is 0 Å². The van der Waals surface area contributed by atoms with Crippen LogP contribution in [0.5, 0.6) is 0 Å². The van der Waals surface area contributed by atoms with Gasteiger partial charge < -0.3 is 0 Å². The van der Waals surface area contributed by atoms with Crippen LogP contribution in [0.15, 0.2) is 48.5 Å². The second-order valence-electron chi connectivity index (χ2n) is 6.15. The van der Waals surface area contributed by atoms with E-state index in [-0.39, 0.29) is 17.6 Å². The zero-order chi connectivity index (χ0) is 15.9. The highest BCUT2D eigenvalue weighted by Gasteiger charge is 2.18. The Morgan fingerprint density at radius 1 is 0.909 bits per heavy atom. The molecule has 0 saturated carbocycles. The first-order valence-electron chi connectivity index (χ1n) is 8.11. The van der Waals surface area contributed by atoms with Crippen LogP contribution >= 0.6 is 0 Å². The lowest BCUT2D eigenvalue weighted by Gasteiger charge is -2.22. The highest BCUT2D eigenvalue weighted by atomic mass is 19.1. The van der Waals surface area contributed by atoms with Crippen molar-refractivity contribution < 1.29 is 8.78 Å². The van der Waals surface area contributed by atoms with Crippen LogP contribution in [0.1, 0.15) is 56.6 Å². The monoisotopic (exact) mass is 302 g/mol. The third kappa shape index (κ3) is 4.66. The number of rotatable bonds is 7. The van der Waals surface area contributed by atoms with E-state index < -0.39 is 0 Å². The Morgan fingerprint density at radius 3 is 1.91 bits per heavy atom. The van der Waals surface area contributed by atoms with E-state index >= 15 is 0 Å². The van der Waals surface area contributed by atoms with Gasteiger partial charge in [0.05, 0.1) is 0 Å². The minimum atomic E-state index is -0.236. The fraction of sp³-hybridized carbons (Fsp3) is 0.400. The molecule has 2 heteroatoms.